The van der Waals surface area contributed by atoms with Crippen LogP contribution in [0, 0.1) is 0 Å². The van der Waals surface area contributed by atoms with E-state index in [0.29, 0.717) is 0 Å². The Kier molecular flexibility index (Phi) is 8.76. The van der Waals surface area contributed by atoms with E-state index in [2.05, 4.69) is 27.7 Å². The third kappa shape index (κ3) is 46.5. The summed E-state index contributed by atoms with van der Waals surface area (Å²) in [6.07, 6.45) is 0. The monoisotopic (exact) mass is 216 g/mol. The molecule has 0 unspecified atom stereocenters. The van der Waals surface area contributed by atoms with Crippen molar-refractivity contribution >= 4 is 16.4 Å². The van der Waals surface area contributed by atoms with Gasteiger partial charge in [0.2, 0.25) is 0 Å². The lowest BCUT2D eigenvalue weighted by Gasteiger charge is -2.06. The second-order valence-electron chi connectivity index (χ2n) is 2.99. The van der Waals surface area contributed by atoms with Crippen LogP contribution in [-0.4, -0.2) is 26.0 Å². The van der Waals surface area contributed by atoms with Crippen LogP contribution in [0.15, 0.2) is 0 Å². The Bertz CT molecular complexity index is 126. The Hall–Kier alpha value is 0.540. The first kappa shape index (κ1) is 15.0. The van der Waals surface area contributed by atoms with Crippen LogP contribution in [0.25, 0.3) is 0 Å². The lowest BCUT2D eigenvalue weighted by atomic mass is 10.5. The number of hydrogen-bond acceptors (Lipinski definition) is 1. The highest BCUT2D eigenvalue weighted by Crippen LogP contribution is 2.25. The minimum absolute atomic E-state index is 0.903. The minimum atomic E-state index is -4.64. The Morgan fingerprint density at radius 2 is 1.17 bits per heavy atom. The average molecular weight is 216 g/mol. The van der Waals surface area contributed by atoms with Gasteiger partial charge >= 0.3 is 7.82 Å². The summed E-state index contributed by atoms with van der Waals surface area (Å²) in [5.74, 6) is 0. The van der Waals surface area contributed by atoms with E-state index < -0.39 is 7.82 Å². The van der Waals surface area contributed by atoms with Crippen molar-refractivity contribution in [3.05, 3.63) is 0 Å². The van der Waals surface area contributed by atoms with Crippen molar-refractivity contribution in [3.63, 3.8) is 0 Å². The maximum absolute atomic E-state index is 8.88. The van der Waals surface area contributed by atoms with Gasteiger partial charge in [0.1, 0.15) is 0 Å². The van der Waals surface area contributed by atoms with Crippen molar-refractivity contribution in [2.75, 3.05) is 0 Å². The molecule has 6 heteroatoms. The van der Waals surface area contributed by atoms with Crippen molar-refractivity contribution < 1.29 is 19.2 Å². The molecule has 0 aromatic rings. The third-order valence-corrected chi connectivity index (χ3v) is 2.00. The van der Waals surface area contributed by atoms with Crippen LogP contribution >= 0.6 is 16.4 Å². The van der Waals surface area contributed by atoms with Gasteiger partial charge in [-0.2, -0.15) is 0 Å². The molecule has 0 radical (unpaired) electrons. The predicted octanol–water partition coefficient (Wildman–Crippen LogP) is 1.55. The Morgan fingerprint density at radius 1 is 1.00 bits per heavy atom. The summed E-state index contributed by atoms with van der Waals surface area (Å²) in [4.78, 5) is 21.6. The molecule has 0 amide bonds. The summed E-state index contributed by atoms with van der Waals surface area (Å²) >= 11 is 0. The molecule has 0 aromatic heterocycles. The lowest BCUT2D eigenvalue weighted by Crippen LogP contribution is -1.90. The smallest absolute Gasteiger partial charge is 0.303 e. The van der Waals surface area contributed by atoms with E-state index in [1.165, 1.54) is 0 Å². The van der Waals surface area contributed by atoms with Gasteiger partial charge in [-0.15, -0.1) is 8.58 Å². The molecule has 4 nitrogen and oxygen atoms in total. The van der Waals surface area contributed by atoms with E-state index in [1.807, 2.05) is 0 Å². The quantitative estimate of drug-likeness (QED) is 0.612. The Labute approximate surface area is 75.4 Å². The average Bonchev–Trinajstić information content (AvgIpc) is 1.52. The number of hydrogen-bond donors (Lipinski definition) is 3. The normalized spacial score (nSPS) is 11.4. The highest BCUT2D eigenvalue weighted by Gasteiger charge is 2.00. The number of rotatable bonds is 2. The molecule has 0 fully saturated rings. The molecule has 0 bridgehead atoms. The summed E-state index contributed by atoms with van der Waals surface area (Å²) in [7, 11) is -3.49. The SMILES string of the molecule is CC(C)PC(C)C.O=P(O)(O)O. The minimum Gasteiger partial charge on any atom is -0.303 e. The summed E-state index contributed by atoms with van der Waals surface area (Å²) < 4.78 is 8.88. The summed E-state index contributed by atoms with van der Waals surface area (Å²) in [5, 5.41) is 0. The van der Waals surface area contributed by atoms with Crippen molar-refractivity contribution in [1.29, 1.82) is 0 Å². The van der Waals surface area contributed by atoms with Crippen LogP contribution in [0.4, 0.5) is 0 Å². The molecular formula is C6H18O4P2. The lowest BCUT2D eigenvalue weighted by molar-refractivity contribution is 0.275. The second-order valence-corrected chi connectivity index (χ2v) is 6.66. The van der Waals surface area contributed by atoms with E-state index in [4.69, 9.17) is 19.2 Å². The highest BCUT2D eigenvalue weighted by molar-refractivity contribution is 7.45. The second kappa shape index (κ2) is 6.99. The van der Waals surface area contributed by atoms with Gasteiger partial charge in [0.25, 0.3) is 0 Å². The van der Waals surface area contributed by atoms with Gasteiger partial charge in [-0.3, -0.25) is 0 Å². The van der Waals surface area contributed by atoms with Gasteiger partial charge < -0.3 is 14.7 Å². The Balaban J connectivity index is 0. The first-order chi connectivity index (χ1) is 5.13. The topological polar surface area (TPSA) is 77.8 Å². The number of phosphoric acid groups is 1. The molecule has 0 aliphatic heterocycles. The molecule has 0 saturated carbocycles. The predicted molar refractivity (Wildman–Crippen MR) is 52.8 cm³/mol. The van der Waals surface area contributed by atoms with E-state index in [-0.39, 0.29) is 0 Å². The first-order valence-corrected chi connectivity index (χ1v) is 6.39. The molecule has 0 atom stereocenters. The summed E-state index contributed by atoms with van der Waals surface area (Å²) in [6, 6.07) is 0. The highest BCUT2D eigenvalue weighted by atomic mass is 31.2. The van der Waals surface area contributed by atoms with Gasteiger partial charge in [0, 0.05) is 0 Å². The van der Waals surface area contributed by atoms with Crippen molar-refractivity contribution in [2.45, 2.75) is 39.0 Å². The van der Waals surface area contributed by atoms with Gasteiger partial charge in [0.15, 0.2) is 0 Å². The molecule has 3 N–H and O–H groups in total. The molecule has 0 aliphatic rings. The molecule has 0 heterocycles. The van der Waals surface area contributed by atoms with E-state index in [9.17, 15) is 0 Å². The van der Waals surface area contributed by atoms with E-state index >= 15 is 0 Å². The zero-order valence-corrected chi connectivity index (χ0v) is 9.75. The summed E-state index contributed by atoms with van der Waals surface area (Å²) in [6.45, 7) is 9.10. The van der Waals surface area contributed by atoms with Crippen molar-refractivity contribution in [3.8, 4) is 0 Å². The fraction of sp³-hybridized carbons (Fsp3) is 1.00. The zero-order chi connectivity index (χ0) is 10.4. The van der Waals surface area contributed by atoms with Crippen molar-refractivity contribution in [2.24, 2.45) is 0 Å². The van der Waals surface area contributed by atoms with Gasteiger partial charge in [-0.05, 0) is 11.3 Å². The van der Waals surface area contributed by atoms with Crippen molar-refractivity contribution in [1.82, 2.24) is 0 Å². The van der Waals surface area contributed by atoms with Crippen LogP contribution in [-0.2, 0) is 4.57 Å². The van der Waals surface area contributed by atoms with E-state index in [1.54, 1.807) is 0 Å². The van der Waals surface area contributed by atoms with E-state index in [0.717, 1.165) is 19.9 Å². The van der Waals surface area contributed by atoms with Crippen LogP contribution in [0.2, 0.25) is 0 Å². The van der Waals surface area contributed by atoms with Gasteiger partial charge in [-0.25, -0.2) is 4.57 Å². The molecule has 0 rings (SSSR count). The summed E-state index contributed by atoms with van der Waals surface area (Å²) in [5.41, 5.74) is 1.81. The Morgan fingerprint density at radius 3 is 1.17 bits per heavy atom. The maximum atomic E-state index is 8.88. The van der Waals surface area contributed by atoms with Gasteiger partial charge in [-0.1, -0.05) is 27.7 Å². The largest absolute Gasteiger partial charge is 0.466 e. The molecule has 0 spiro atoms. The molecule has 0 aliphatic carbocycles. The van der Waals surface area contributed by atoms with Gasteiger partial charge in [0.05, 0.1) is 0 Å². The zero-order valence-electron chi connectivity index (χ0n) is 7.85. The van der Waals surface area contributed by atoms with Crippen LogP contribution < -0.4 is 0 Å². The fourth-order valence-corrected chi connectivity index (χ4v) is 2.00. The molecule has 12 heavy (non-hydrogen) atoms. The first-order valence-electron chi connectivity index (χ1n) is 3.67. The fourth-order valence-electron chi connectivity index (χ4n) is 0.667. The van der Waals surface area contributed by atoms with Crippen LogP contribution in [0.1, 0.15) is 27.7 Å². The van der Waals surface area contributed by atoms with Crippen LogP contribution in [0.5, 0.6) is 0 Å². The molecular weight excluding hydrogens is 198 g/mol. The van der Waals surface area contributed by atoms with Crippen LogP contribution in [0.3, 0.4) is 0 Å². The maximum Gasteiger partial charge on any atom is 0.466 e. The standard InChI is InChI=1S/C6H15P.H3O4P/c1-5(2)7-6(3)4;1-5(2,3)4/h5-7H,1-4H3;(H3,1,2,3,4). The third-order valence-electron chi connectivity index (χ3n) is 0.667. The molecule has 0 aromatic carbocycles. The molecule has 0 saturated heterocycles. The molecule has 76 valence electrons.